The Morgan fingerprint density at radius 2 is 1.90 bits per heavy atom. The third kappa shape index (κ3) is 6.38. The van der Waals surface area contributed by atoms with Gasteiger partial charge in [0.05, 0.1) is 32.0 Å². The van der Waals surface area contributed by atoms with E-state index in [2.05, 4.69) is 50.2 Å². The lowest BCUT2D eigenvalue weighted by atomic mass is 9.96. The first-order valence-electron chi connectivity index (χ1n) is 12.9. The Morgan fingerprint density at radius 1 is 1.17 bits per heavy atom. The van der Waals surface area contributed by atoms with Gasteiger partial charge in [0.2, 0.25) is 0 Å². The molecule has 0 saturated heterocycles. The second kappa shape index (κ2) is 13.4. The van der Waals surface area contributed by atoms with Gasteiger partial charge in [-0.05, 0) is 107 Å². The van der Waals surface area contributed by atoms with Crippen LogP contribution in [0.3, 0.4) is 0 Å². The number of nitrogens with zero attached hydrogens (tertiary/aromatic N) is 2. The highest BCUT2D eigenvalue weighted by Crippen LogP contribution is 2.33. The van der Waals surface area contributed by atoms with Crippen LogP contribution in [0.5, 0.6) is 5.75 Å². The van der Waals surface area contributed by atoms with E-state index in [0.717, 1.165) is 17.6 Å². The van der Waals surface area contributed by atoms with Crippen molar-refractivity contribution in [2.75, 3.05) is 12.9 Å². The molecule has 42 heavy (non-hydrogen) atoms. The molecular weight excluding hydrogens is 801 g/mol. The molecule has 0 unspecified atom stereocenters. The fraction of sp³-hybridized carbons (Fsp3) is 0.194. The molecule has 2 heterocycles. The summed E-state index contributed by atoms with van der Waals surface area (Å²) in [6, 6.07) is 17.5. The van der Waals surface area contributed by atoms with Crippen molar-refractivity contribution in [3.8, 4) is 5.75 Å². The smallest absolute Gasteiger partial charge is 0.338 e. The van der Waals surface area contributed by atoms with Crippen molar-refractivity contribution in [3.63, 3.8) is 0 Å². The first kappa shape index (κ1) is 31.0. The monoisotopic (exact) mass is 826 g/mol. The molecule has 216 valence electrons. The maximum atomic E-state index is 14.3. The van der Waals surface area contributed by atoms with E-state index in [1.54, 1.807) is 54.5 Å². The zero-order chi connectivity index (χ0) is 30.0. The minimum Gasteiger partial charge on any atom is -0.487 e. The average Bonchev–Trinajstić information content (AvgIpc) is 3.26. The largest absolute Gasteiger partial charge is 0.487 e. The summed E-state index contributed by atoms with van der Waals surface area (Å²) in [5.41, 5.74) is 2.49. The van der Waals surface area contributed by atoms with Crippen LogP contribution >= 0.6 is 68.3 Å². The molecule has 0 fully saturated rings. The summed E-state index contributed by atoms with van der Waals surface area (Å²) in [7, 11) is 0. The summed E-state index contributed by atoms with van der Waals surface area (Å²) >= 11 is 7.27. The second-order valence-corrected chi connectivity index (χ2v) is 13.6. The molecule has 4 aromatic rings. The number of hydrogen-bond acceptors (Lipinski definition) is 7. The minimum atomic E-state index is -0.689. The Morgan fingerprint density at radius 3 is 2.60 bits per heavy atom. The number of carbonyl (C=O) groups is 1. The highest BCUT2D eigenvalue weighted by atomic mass is 127. The number of benzene rings is 3. The highest BCUT2D eigenvalue weighted by molar-refractivity contribution is 14.1. The molecular formula is C31H25FI2N2O4S2. The minimum absolute atomic E-state index is 0.0412. The Hall–Kier alpha value is -2.49. The molecule has 5 rings (SSSR count). The number of aromatic nitrogens is 1. The van der Waals surface area contributed by atoms with Gasteiger partial charge in [0.1, 0.15) is 18.2 Å². The Bertz CT molecular complexity index is 1880. The van der Waals surface area contributed by atoms with Crippen molar-refractivity contribution >= 4 is 80.3 Å². The molecule has 0 spiro atoms. The summed E-state index contributed by atoms with van der Waals surface area (Å²) in [4.78, 5) is 33.5. The van der Waals surface area contributed by atoms with E-state index in [4.69, 9.17) is 9.47 Å². The first-order chi connectivity index (χ1) is 20.2. The van der Waals surface area contributed by atoms with Gasteiger partial charge in [-0.25, -0.2) is 14.2 Å². The molecule has 11 heteroatoms. The van der Waals surface area contributed by atoms with E-state index in [-0.39, 0.29) is 24.6 Å². The number of thiazole rings is 1. The van der Waals surface area contributed by atoms with Crippen molar-refractivity contribution < 1.29 is 18.7 Å². The van der Waals surface area contributed by atoms with Gasteiger partial charge in [-0.1, -0.05) is 41.7 Å². The summed E-state index contributed by atoms with van der Waals surface area (Å²) in [5.74, 6) is -0.285. The van der Waals surface area contributed by atoms with Gasteiger partial charge in [0.25, 0.3) is 5.56 Å². The van der Waals surface area contributed by atoms with Crippen LogP contribution in [0.4, 0.5) is 4.39 Å². The molecule has 0 aliphatic carbocycles. The van der Waals surface area contributed by atoms with E-state index in [9.17, 15) is 14.0 Å². The van der Waals surface area contributed by atoms with Crippen LogP contribution < -0.4 is 19.6 Å². The quantitative estimate of drug-likeness (QED) is 0.116. The Labute approximate surface area is 277 Å². The molecule has 6 nitrogen and oxygen atoms in total. The number of hydrogen-bond donors (Lipinski definition) is 0. The third-order valence-corrected chi connectivity index (χ3v) is 9.75. The van der Waals surface area contributed by atoms with Gasteiger partial charge in [-0.15, -0.1) is 11.8 Å². The van der Waals surface area contributed by atoms with E-state index in [1.807, 2.05) is 42.7 Å². The predicted molar refractivity (Wildman–Crippen MR) is 181 cm³/mol. The summed E-state index contributed by atoms with van der Waals surface area (Å²) in [6.45, 7) is 3.77. The van der Waals surface area contributed by atoms with Gasteiger partial charge in [-0.2, -0.15) is 0 Å². The molecule has 0 bridgehead atoms. The molecule has 1 aliphatic rings. The average molecular weight is 826 g/mol. The van der Waals surface area contributed by atoms with E-state index in [0.29, 0.717) is 37.5 Å². The summed E-state index contributed by atoms with van der Waals surface area (Å²) in [5, 5.41) is 0. The lowest BCUT2D eigenvalue weighted by Crippen LogP contribution is -2.39. The van der Waals surface area contributed by atoms with Crippen molar-refractivity contribution in [1.82, 2.24) is 4.57 Å². The van der Waals surface area contributed by atoms with Crippen LogP contribution in [-0.4, -0.2) is 23.4 Å². The second-order valence-electron chi connectivity index (χ2n) is 9.26. The molecule has 0 saturated carbocycles. The van der Waals surface area contributed by atoms with Crippen LogP contribution in [0.1, 0.15) is 36.6 Å². The zero-order valence-corrected chi connectivity index (χ0v) is 28.8. The number of carbonyl (C=O) groups excluding carboxylic acids is 1. The summed E-state index contributed by atoms with van der Waals surface area (Å²) in [6.07, 6.45) is 3.77. The normalized spacial score (nSPS) is 14.9. The predicted octanol–water partition coefficient (Wildman–Crippen LogP) is 6.45. The molecule has 0 radical (unpaired) electrons. The maximum absolute atomic E-state index is 14.3. The lowest BCUT2D eigenvalue weighted by molar-refractivity contribution is -0.139. The van der Waals surface area contributed by atoms with Gasteiger partial charge >= 0.3 is 5.97 Å². The van der Waals surface area contributed by atoms with Crippen molar-refractivity contribution in [1.29, 1.82) is 0 Å². The standard InChI is InChI=1S/C31H25FI2N2O4S2/c1-4-39-30(38)26-17(2)35-31-36(27(26)18-9-11-22(41-3)12-10-18)29(37)25(42-31)14-20-13-21(33)15-24(34)28(20)40-16-19-7-5-6-8-23(19)32/h5-15,27H,4,16H2,1-3H3/b25-14-/t27-/m0/s1. The Kier molecular flexibility index (Phi) is 9.90. The SMILES string of the molecule is CCOC(=O)C1=C(C)N=c2s/c(=C\c3cc(I)cc(I)c3OCc3ccccc3F)c(=O)n2[C@H]1c1ccc(SC)cc1. The van der Waals surface area contributed by atoms with Crippen molar-refractivity contribution in [2.24, 2.45) is 4.99 Å². The topological polar surface area (TPSA) is 69.9 Å². The molecule has 3 aromatic carbocycles. The maximum Gasteiger partial charge on any atom is 0.338 e. The molecule has 1 atom stereocenters. The number of allylic oxidation sites excluding steroid dienone is 1. The molecule has 1 aliphatic heterocycles. The van der Waals surface area contributed by atoms with Gasteiger partial charge in [0.15, 0.2) is 4.80 Å². The number of esters is 1. The number of thioether (sulfide) groups is 1. The lowest BCUT2D eigenvalue weighted by Gasteiger charge is -2.24. The number of ether oxygens (including phenoxy) is 2. The third-order valence-electron chi connectivity index (χ3n) is 6.60. The van der Waals surface area contributed by atoms with Crippen LogP contribution in [0, 0.1) is 13.0 Å². The van der Waals surface area contributed by atoms with Crippen LogP contribution in [0.2, 0.25) is 0 Å². The molecule has 0 N–H and O–H groups in total. The van der Waals surface area contributed by atoms with Crippen molar-refractivity contribution in [2.45, 2.75) is 31.4 Å². The molecule has 0 amide bonds. The van der Waals surface area contributed by atoms with E-state index >= 15 is 0 Å². The van der Waals surface area contributed by atoms with Crippen LogP contribution in [0.25, 0.3) is 6.08 Å². The van der Waals surface area contributed by atoms with E-state index < -0.39 is 12.0 Å². The van der Waals surface area contributed by atoms with Gasteiger partial charge in [-0.3, -0.25) is 9.36 Å². The molecule has 1 aromatic heterocycles. The Balaban J connectivity index is 1.65. The number of rotatable bonds is 8. The van der Waals surface area contributed by atoms with Crippen LogP contribution in [-0.2, 0) is 16.1 Å². The van der Waals surface area contributed by atoms with Crippen LogP contribution in [0.15, 0.2) is 86.6 Å². The number of fused-ring (bicyclic) bond motifs is 1. The fourth-order valence-electron chi connectivity index (χ4n) is 4.64. The summed E-state index contributed by atoms with van der Waals surface area (Å²) < 4.78 is 29.6. The van der Waals surface area contributed by atoms with Crippen molar-refractivity contribution in [3.05, 3.63) is 121 Å². The van der Waals surface area contributed by atoms with Gasteiger partial charge in [0, 0.05) is 19.6 Å². The fourth-order valence-corrected chi connectivity index (χ4v) is 8.13. The van der Waals surface area contributed by atoms with Gasteiger partial charge < -0.3 is 9.47 Å². The first-order valence-corrected chi connectivity index (χ1v) is 17.1. The zero-order valence-electron chi connectivity index (χ0n) is 22.8. The highest BCUT2D eigenvalue weighted by Gasteiger charge is 2.33. The number of halogens is 3. The van der Waals surface area contributed by atoms with E-state index in [1.165, 1.54) is 17.4 Å².